The van der Waals surface area contributed by atoms with Crippen LogP contribution in [-0.4, -0.2) is 67.5 Å². The van der Waals surface area contributed by atoms with Gasteiger partial charge >= 0.3 is 0 Å². The van der Waals surface area contributed by atoms with Gasteiger partial charge in [-0.1, -0.05) is 30.3 Å². The number of piperidine rings is 1. The van der Waals surface area contributed by atoms with Crippen molar-refractivity contribution in [1.29, 1.82) is 0 Å². The first-order chi connectivity index (χ1) is 14.8. The van der Waals surface area contributed by atoms with Gasteiger partial charge in [-0.05, 0) is 62.8 Å². The Balaban J connectivity index is 1.38. The van der Waals surface area contributed by atoms with E-state index in [-0.39, 0.29) is 18.6 Å². The molecule has 1 aromatic carbocycles. The average molecular weight is 451 g/mol. The Labute approximate surface area is 185 Å². The minimum absolute atomic E-state index is 0.113. The van der Waals surface area contributed by atoms with Crippen molar-refractivity contribution >= 4 is 15.9 Å². The third-order valence-electron chi connectivity index (χ3n) is 6.97. The van der Waals surface area contributed by atoms with E-state index in [1.54, 1.807) is 4.90 Å². The van der Waals surface area contributed by atoms with Gasteiger partial charge in [0.15, 0.2) is 0 Å². The molecule has 0 aromatic heterocycles. The standard InChI is InChI=1S/C23H34N2O5S/c1-31(28,29)24-20-8-5-15-25(22(26)23(27)13-14-23)21(20)16-30-19-11-9-18(10-12-19)17-6-3-2-4-7-17/h2-4,6-7,18-21,24,27H,5,8-16H2,1H3/t18-,19+,20-,21-/m1/s1. The number of sulfonamides is 1. The van der Waals surface area contributed by atoms with Crippen molar-refractivity contribution < 1.29 is 23.1 Å². The van der Waals surface area contributed by atoms with Crippen LogP contribution < -0.4 is 4.72 Å². The van der Waals surface area contributed by atoms with Gasteiger partial charge in [-0.3, -0.25) is 4.79 Å². The maximum atomic E-state index is 12.9. The largest absolute Gasteiger partial charge is 0.380 e. The lowest BCUT2D eigenvalue weighted by atomic mass is 9.83. The molecule has 0 unspecified atom stereocenters. The van der Waals surface area contributed by atoms with Gasteiger partial charge in [0.05, 0.1) is 25.0 Å². The van der Waals surface area contributed by atoms with Crippen molar-refractivity contribution in [2.45, 2.75) is 81.1 Å². The summed E-state index contributed by atoms with van der Waals surface area (Å²) in [6.45, 7) is 0.813. The lowest BCUT2D eigenvalue weighted by molar-refractivity contribution is -0.149. The van der Waals surface area contributed by atoms with Crippen molar-refractivity contribution in [3.63, 3.8) is 0 Å². The topological polar surface area (TPSA) is 95.9 Å². The normalized spacial score (nSPS) is 30.7. The van der Waals surface area contributed by atoms with Gasteiger partial charge < -0.3 is 14.7 Å². The first kappa shape index (κ1) is 22.7. The highest BCUT2D eigenvalue weighted by Crippen LogP contribution is 2.39. The number of aliphatic hydroxyl groups is 1. The Hall–Kier alpha value is -1.48. The van der Waals surface area contributed by atoms with E-state index in [1.807, 2.05) is 6.07 Å². The summed E-state index contributed by atoms with van der Waals surface area (Å²) < 4.78 is 32.8. The quantitative estimate of drug-likeness (QED) is 0.664. The molecule has 2 saturated carbocycles. The van der Waals surface area contributed by atoms with Crippen LogP contribution in [0.25, 0.3) is 0 Å². The number of likely N-dealkylation sites (tertiary alicyclic amines) is 1. The van der Waals surface area contributed by atoms with Gasteiger partial charge in [0, 0.05) is 12.6 Å². The monoisotopic (exact) mass is 450 g/mol. The first-order valence-corrected chi connectivity index (χ1v) is 13.3. The van der Waals surface area contributed by atoms with Crippen LogP contribution in [0.4, 0.5) is 0 Å². The summed E-state index contributed by atoms with van der Waals surface area (Å²) >= 11 is 0. The van der Waals surface area contributed by atoms with Gasteiger partial charge in [0.1, 0.15) is 5.60 Å². The number of carbonyl (C=O) groups is 1. The molecule has 0 bridgehead atoms. The molecule has 8 heteroatoms. The van der Waals surface area contributed by atoms with Crippen molar-refractivity contribution in [1.82, 2.24) is 9.62 Å². The second-order valence-electron chi connectivity index (χ2n) is 9.45. The summed E-state index contributed by atoms with van der Waals surface area (Å²) in [6, 6.07) is 9.77. The maximum absolute atomic E-state index is 12.9. The zero-order valence-corrected chi connectivity index (χ0v) is 19.0. The number of nitrogens with zero attached hydrogens (tertiary/aromatic N) is 1. The third kappa shape index (κ3) is 5.66. The van der Waals surface area contributed by atoms with Crippen molar-refractivity contribution in [3.05, 3.63) is 35.9 Å². The Morgan fingerprint density at radius 3 is 2.45 bits per heavy atom. The minimum Gasteiger partial charge on any atom is -0.380 e. The van der Waals surface area contributed by atoms with E-state index >= 15 is 0 Å². The van der Waals surface area contributed by atoms with Gasteiger partial charge in [0.25, 0.3) is 5.91 Å². The van der Waals surface area contributed by atoms with E-state index in [4.69, 9.17) is 4.74 Å². The Morgan fingerprint density at radius 2 is 1.84 bits per heavy atom. The van der Waals surface area contributed by atoms with E-state index in [9.17, 15) is 18.3 Å². The van der Waals surface area contributed by atoms with Gasteiger partial charge in [-0.2, -0.15) is 0 Å². The Bertz CT molecular complexity index is 863. The molecule has 3 fully saturated rings. The molecule has 1 saturated heterocycles. The van der Waals surface area contributed by atoms with Crippen LogP contribution in [0.1, 0.15) is 62.8 Å². The SMILES string of the molecule is CS(=O)(=O)N[C@@H]1CCCN(C(=O)C2(O)CC2)[C@@H]1CO[C@H]1CC[C@@H](c2ccccc2)CC1. The highest BCUT2D eigenvalue weighted by molar-refractivity contribution is 7.88. The molecule has 0 spiro atoms. The zero-order chi connectivity index (χ0) is 22.1. The fraction of sp³-hybridized carbons (Fsp3) is 0.696. The molecule has 31 heavy (non-hydrogen) atoms. The van der Waals surface area contributed by atoms with E-state index in [0.717, 1.165) is 31.9 Å². The third-order valence-corrected chi connectivity index (χ3v) is 7.71. The summed E-state index contributed by atoms with van der Waals surface area (Å²) in [5.74, 6) is 0.270. The van der Waals surface area contributed by atoms with Gasteiger partial charge in [-0.25, -0.2) is 13.1 Å². The van der Waals surface area contributed by atoms with E-state index < -0.39 is 27.7 Å². The lowest BCUT2D eigenvalue weighted by Gasteiger charge is -2.43. The predicted molar refractivity (Wildman–Crippen MR) is 118 cm³/mol. The summed E-state index contributed by atoms with van der Waals surface area (Å²) in [5.41, 5.74) is 0.110. The van der Waals surface area contributed by atoms with E-state index in [1.165, 1.54) is 5.56 Å². The molecule has 1 heterocycles. The highest BCUT2D eigenvalue weighted by atomic mass is 32.2. The van der Waals surface area contributed by atoms with Gasteiger partial charge in [0.2, 0.25) is 10.0 Å². The second kappa shape index (κ2) is 9.17. The van der Waals surface area contributed by atoms with Crippen LogP contribution >= 0.6 is 0 Å². The summed E-state index contributed by atoms with van der Waals surface area (Å²) in [6.07, 6.45) is 7.60. The first-order valence-electron chi connectivity index (χ1n) is 11.4. The molecule has 7 nitrogen and oxygen atoms in total. The number of carbonyl (C=O) groups excluding carboxylic acids is 1. The number of hydrogen-bond acceptors (Lipinski definition) is 5. The zero-order valence-electron chi connectivity index (χ0n) is 18.2. The molecule has 1 aliphatic heterocycles. The van der Waals surface area contributed by atoms with Crippen LogP contribution in [0.15, 0.2) is 30.3 Å². The van der Waals surface area contributed by atoms with Crippen LogP contribution in [0.2, 0.25) is 0 Å². The van der Waals surface area contributed by atoms with E-state index in [0.29, 0.717) is 38.1 Å². The van der Waals surface area contributed by atoms with Crippen molar-refractivity contribution in [2.75, 3.05) is 19.4 Å². The fourth-order valence-electron chi connectivity index (χ4n) is 5.05. The number of ether oxygens (including phenoxy) is 1. The Morgan fingerprint density at radius 1 is 1.16 bits per heavy atom. The minimum atomic E-state index is -3.41. The fourth-order valence-corrected chi connectivity index (χ4v) is 5.87. The molecule has 0 radical (unpaired) electrons. The molecule has 3 aliphatic rings. The molecule has 2 atom stereocenters. The molecular formula is C23H34N2O5S. The molecule has 2 N–H and O–H groups in total. The van der Waals surface area contributed by atoms with Gasteiger partial charge in [-0.15, -0.1) is 0 Å². The summed E-state index contributed by atoms with van der Waals surface area (Å²) in [5, 5.41) is 10.4. The van der Waals surface area contributed by atoms with Crippen LogP contribution in [0.3, 0.4) is 0 Å². The number of amides is 1. The molecule has 2 aliphatic carbocycles. The molecule has 4 rings (SSSR count). The van der Waals surface area contributed by atoms with Crippen LogP contribution in [-0.2, 0) is 19.6 Å². The maximum Gasteiger partial charge on any atom is 0.254 e. The molecular weight excluding hydrogens is 416 g/mol. The second-order valence-corrected chi connectivity index (χ2v) is 11.2. The summed E-state index contributed by atoms with van der Waals surface area (Å²) in [7, 11) is -3.41. The van der Waals surface area contributed by atoms with Crippen molar-refractivity contribution in [3.8, 4) is 0 Å². The summed E-state index contributed by atoms with van der Waals surface area (Å²) in [4.78, 5) is 14.6. The molecule has 1 aromatic rings. The van der Waals surface area contributed by atoms with E-state index in [2.05, 4.69) is 29.0 Å². The molecule has 172 valence electrons. The molecule has 1 amide bonds. The van der Waals surface area contributed by atoms with Crippen LogP contribution in [0.5, 0.6) is 0 Å². The lowest BCUT2D eigenvalue weighted by Crippen LogP contribution is -2.61. The highest BCUT2D eigenvalue weighted by Gasteiger charge is 2.52. The number of benzene rings is 1. The Kier molecular flexibility index (Phi) is 6.72. The number of rotatable bonds is 7. The number of nitrogens with one attached hydrogen (secondary N) is 1. The predicted octanol–water partition coefficient (Wildman–Crippen LogP) is 2.16. The number of hydrogen-bond donors (Lipinski definition) is 2. The van der Waals surface area contributed by atoms with Crippen LogP contribution in [0, 0.1) is 0 Å². The smallest absolute Gasteiger partial charge is 0.254 e. The van der Waals surface area contributed by atoms with Crippen molar-refractivity contribution in [2.24, 2.45) is 0 Å². The average Bonchev–Trinajstić information content (AvgIpc) is 3.51.